The second-order valence-corrected chi connectivity index (χ2v) is 4.22. The van der Waals surface area contributed by atoms with Crippen molar-refractivity contribution in [1.29, 1.82) is 0 Å². The molecule has 0 aliphatic rings. The van der Waals surface area contributed by atoms with E-state index < -0.39 is 5.91 Å². The van der Waals surface area contributed by atoms with Crippen molar-refractivity contribution in [2.24, 2.45) is 0 Å². The first kappa shape index (κ1) is 13.3. The van der Waals surface area contributed by atoms with Gasteiger partial charge < -0.3 is 11.1 Å². The molecule has 4 N–H and O–H groups in total. The van der Waals surface area contributed by atoms with Crippen LogP contribution < -0.4 is 11.1 Å². The molecule has 0 saturated carbocycles. The smallest absolute Gasteiger partial charge is 0.279 e. The maximum absolute atomic E-state index is 12.0. The number of nitrogens with one attached hydrogen (secondary N) is 2. The highest BCUT2D eigenvalue weighted by atomic mass is 35.5. The van der Waals surface area contributed by atoms with Crippen molar-refractivity contribution in [3.8, 4) is 0 Å². The molecule has 100 valence electrons. The average Bonchev–Trinajstić information content (AvgIpc) is 2.72. The molecule has 0 aliphatic carbocycles. The predicted octanol–water partition coefficient (Wildman–Crippen LogP) is 1.64. The van der Waals surface area contributed by atoms with E-state index in [0.29, 0.717) is 11.5 Å². The number of halogens is 1. The maximum atomic E-state index is 12.0. The van der Waals surface area contributed by atoms with Crippen LogP contribution in [0.1, 0.15) is 29.5 Å². The van der Waals surface area contributed by atoms with Gasteiger partial charge in [-0.05, 0) is 24.1 Å². The quantitative estimate of drug-likeness (QED) is 0.738. The van der Waals surface area contributed by atoms with Crippen molar-refractivity contribution in [2.75, 3.05) is 11.1 Å². The highest BCUT2D eigenvalue weighted by molar-refractivity contribution is 6.28. The zero-order valence-electron chi connectivity index (χ0n) is 10.3. The molecular formula is C11H13ClN6O. The summed E-state index contributed by atoms with van der Waals surface area (Å²) < 4.78 is 0. The van der Waals surface area contributed by atoms with Gasteiger partial charge >= 0.3 is 0 Å². The van der Waals surface area contributed by atoms with Crippen LogP contribution in [0, 0.1) is 0 Å². The van der Waals surface area contributed by atoms with E-state index in [1.54, 1.807) is 0 Å². The summed E-state index contributed by atoms with van der Waals surface area (Å²) >= 11 is 5.63. The zero-order chi connectivity index (χ0) is 13.8. The number of carbonyl (C=O) groups excluding carboxylic acids is 1. The normalized spacial score (nSPS) is 10.4. The highest BCUT2D eigenvalue weighted by Gasteiger charge is 2.17. The number of aromatic nitrogens is 4. The number of amides is 1. The molecule has 1 amide bonds. The molecule has 0 aromatic carbocycles. The molecule has 0 spiro atoms. The van der Waals surface area contributed by atoms with Crippen molar-refractivity contribution >= 4 is 29.0 Å². The van der Waals surface area contributed by atoms with E-state index in [2.05, 4.69) is 25.5 Å². The van der Waals surface area contributed by atoms with Crippen LogP contribution in [0.3, 0.4) is 0 Å². The second kappa shape index (κ2) is 5.66. The molecule has 19 heavy (non-hydrogen) atoms. The lowest BCUT2D eigenvalue weighted by molar-refractivity contribution is 0.102. The van der Waals surface area contributed by atoms with Gasteiger partial charge in [0.2, 0.25) is 5.28 Å². The number of carbonyl (C=O) groups is 1. The summed E-state index contributed by atoms with van der Waals surface area (Å²) in [5, 5.41) is 9.29. The summed E-state index contributed by atoms with van der Waals surface area (Å²) in [6.45, 7) is 2.02. The van der Waals surface area contributed by atoms with Gasteiger partial charge in [-0.3, -0.25) is 9.89 Å². The molecule has 8 heteroatoms. The summed E-state index contributed by atoms with van der Waals surface area (Å²) in [4.78, 5) is 19.6. The van der Waals surface area contributed by atoms with Crippen LogP contribution in [0.5, 0.6) is 0 Å². The van der Waals surface area contributed by atoms with Gasteiger partial charge in [0.05, 0.1) is 11.4 Å². The zero-order valence-corrected chi connectivity index (χ0v) is 11.0. The van der Waals surface area contributed by atoms with Gasteiger partial charge in [-0.2, -0.15) is 5.10 Å². The van der Waals surface area contributed by atoms with Gasteiger partial charge in [0.15, 0.2) is 5.69 Å². The first-order valence-corrected chi connectivity index (χ1v) is 6.12. The van der Waals surface area contributed by atoms with Crippen molar-refractivity contribution in [3.05, 3.63) is 28.9 Å². The van der Waals surface area contributed by atoms with E-state index in [4.69, 9.17) is 17.3 Å². The van der Waals surface area contributed by atoms with Crippen LogP contribution in [-0.2, 0) is 6.42 Å². The largest absolute Gasteiger partial charge is 0.395 e. The Hall–Kier alpha value is -2.15. The fourth-order valence-electron chi connectivity index (χ4n) is 1.58. The summed E-state index contributed by atoms with van der Waals surface area (Å²) in [5.74, 6) is -0.143. The Morgan fingerprint density at radius 3 is 3.05 bits per heavy atom. The second-order valence-electron chi connectivity index (χ2n) is 3.88. The van der Waals surface area contributed by atoms with E-state index in [1.165, 1.54) is 12.3 Å². The maximum Gasteiger partial charge on any atom is 0.279 e. The van der Waals surface area contributed by atoms with E-state index in [1.807, 2.05) is 6.92 Å². The Morgan fingerprint density at radius 1 is 1.58 bits per heavy atom. The van der Waals surface area contributed by atoms with Crippen LogP contribution in [-0.4, -0.2) is 26.1 Å². The molecule has 2 aromatic rings. The third-order valence-corrected chi connectivity index (χ3v) is 2.65. The van der Waals surface area contributed by atoms with Crippen molar-refractivity contribution in [1.82, 2.24) is 20.2 Å². The number of aryl methyl sites for hydroxylation is 1. The third kappa shape index (κ3) is 3.00. The number of nitrogens with zero attached hydrogens (tertiary/aromatic N) is 3. The summed E-state index contributed by atoms with van der Waals surface area (Å²) in [6.07, 6.45) is 3.10. The minimum Gasteiger partial charge on any atom is -0.395 e. The molecule has 0 radical (unpaired) electrons. The van der Waals surface area contributed by atoms with Crippen molar-refractivity contribution < 1.29 is 4.79 Å². The van der Waals surface area contributed by atoms with Crippen LogP contribution in [0.4, 0.5) is 11.5 Å². The Morgan fingerprint density at radius 2 is 2.37 bits per heavy atom. The van der Waals surface area contributed by atoms with E-state index in [9.17, 15) is 4.79 Å². The first-order valence-electron chi connectivity index (χ1n) is 5.74. The number of aromatic amines is 1. The molecule has 0 atom stereocenters. The lowest BCUT2D eigenvalue weighted by Gasteiger charge is -2.02. The number of H-pyrrole nitrogens is 1. The molecule has 0 aliphatic heterocycles. The molecule has 7 nitrogen and oxygen atoms in total. The lowest BCUT2D eigenvalue weighted by Crippen LogP contribution is -2.15. The molecule has 0 bridgehead atoms. The van der Waals surface area contributed by atoms with Gasteiger partial charge in [0.1, 0.15) is 5.82 Å². The van der Waals surface area contributed by atoms with E-state index in [0.717, 1.165) is 18.5 Å². The molecule has 2 heterocycles. The van der Waals surface area contributed by atoms with Gasteiger partial charge in [0.25, 0.3) is 5.91 Å². The van der Waals surface area contributed by atoms with Crippen LogP contribution in [0.2, 0.25) is 5.28 Å². The van der Waals surface area contributed by atoms with Crippen LogP contribution in [0.25, 0.3) is 0 Å². The van der Waals surface area contributed by atoms with Crippen LogP contribution in [0.15, 0.2) is 12.3 Å². The van der Waals surface area contributed by atoms with E-state index in [-0.39, 0.29) is 11.0 Å². The number of anilines is 2. The Balaban J connectivity index is 2.16. The van der Waals surface area contributed by atoms with Crippen LogP contribution >= 0.6 is 11.6 Å². The third-order valence-electron chi connectivity index (χ3n) is 2.47. The molecule has 2 rings (SSSR count). The summed E-state index contributed by atoms with van der Waals surface area (Å²) in [7, 11) is 0. The van der Waals surface area contributed by atoms with Gasteiger partial charge in [0, 0.05) is 6.20 Å². The lowest BCUT2D eigenvalue weighted by atomic mass is 10.2. The van der Waals surface area contributed by atoms with Gasteiger partial charge in [-0.15, -0.1) is 0 Å². The summed E-state index contributed by atoms with van der Waals surface area (Å²) in [5.41, 5.74) is 7.13. The predicted molar refractivity (Wildman–Crippen MR) is 72.0 cm³/mol. The number of hydrogen-bond acceptors (Lipinski definition) is 5. The highest BCUT2D eigenvalue weighted by Crippen LogP contribution is 2.17. The first-order chi connectivity index (χ1) is 9.11. The molecule has 2 aromatic heterocycles. The fourth-order valence-corrected chi connectivity index (χ4v) is 1.73. The number of nitrogens with two attached hydrogens (primary N) is 1. The van der Waals surface area contributed by atoms with E-state index >= 15 is 0 Å². The van der Waals surface area contributed by atoms with Gasteiger partial charge in [-0.25, -0.2) is 9.97 Å². The topological polar surface area (TPSA) is 110 Å². The minimum atomic E-state index is -0.439. The molecule has 0 fully saturated rings. The van der Waals surface area contributed by atoms with Crippen molar-refractivity contribution in [2.45, 2.75) is 19.8 Å². The SMILES string of the molecule is CCCc1[nH]nc(C(=O)Nc2ccnc(Cl)n2)c1N. The molecular weight excluding hydrogens is 268 g/mol. The average molecular weight is 281 g/mol. The molecule has 0 saturated heterocycles. The Bertz CT molecular complexity index is 597. The Labute approximate surface area is 114 Å². The number of hydrogen-bond donors (Lipinski definition) is 3. The summed E-state index contributed by atoms with van der Waals surface area (Å²) in [6, 6.07) is 1.53. The number of rotatable bonds is 4. The molecule has 0 unspecified atom stereocenters. The standard InChI is InChI=1S/C11H13ClN6O/c1-2-3-6-8(13)9(18-17-6)10(19)15-7-4-5-14-11(12)16-7/h4-5H,2-3,13H2,1H3,(H,17,18)(H,14,15,16,19). The Kier molecular flexibility index (Phi) is 3.96. The van der Waals surface area contributed by atoms with Crippen molar-refractivity contribution in [3.63, 3.8) is 0 Å². The fraction of sp³-hybridized carbons (Fsp3) is 0.273. The minimum absolute atomic E-state index is 0.0551. The number of nitrogen functional groups attached to an aromatic ring is 1. The monoisotopic (exact) mass is 280 g/mol. The van der Waals surface area contributed by atoms with Gasteiger partial charge in [-0.1, -0.05) is 13.3 Å².